The van der Waals surface area contributed by atoms with Gasteiger partial charge in [0.1, 0.15) is 11.5 Å². The van der Waals surface area contributed by atoms with Crippen molar-refractivity contribution in [3.63, 3.8) is 0 Å². The summed E-state index contributed by atoms with van der Waals surface area (Å²) >= 11 is 0. The highest BCUT2D eigenvalue weighted by molar-refractivity contribution is 5.97. The van der Waals surface area contributed by atoms with Gasteiger partial charge in [-0.15, -0.1) is 0 Å². The number of halogens is 1. The maximum Gasteiger partial charge on any atom is 0.257 e. The van der Waals surface area contributed by atoms with Gasteiger partial charge < -0.3 is 14.6 Å². The first-order valence-electron chi connectivity index (χ1n) is 11.1. The first kappa shape index (κ1) is 20.8. The minimum absolute atomic E-state index is 0.0236. The second-order valence-electron chi connectivity index (χ2n) is 8.68. The monoisotopic (exact) mass is 439 g/mol. The third kappa shape index (κ3) is 3.70. The van der Waals surface area contributed by atoms with E-state index in [1.807, 2.05) is 6.92 Å². The van der Waals surface area contributed by atoms with Gasteiger partial charge in [0.2, 0.25) is 0 Å². The van der Waals surface area contributed by atoms with E-state index in [0.717, 1.165) is 55.5 Å². The third-order valence-corrected chi connectivity index (χ3v) is 6.76. The van der Waals surface area contributed by atoms with Crippen LogP contribution in [0.3, 0.4) is 0 Å². The minimum Gasteiger partial charge on any atom is -0.411 e. The molecule has 0 radical (unpaired) electrons. The van der Waals surface area contributed by atoms with Crippen LogP contribution < -0.4 is 5.56 Å². The van der Waals surface area contributed by atoms with Crippen molar-refractivity contribution in [2.24, 2.45) is 5.16 Å². The van der Waals surface area contributed by atoms with E-state index in [9.17, 15) is 14.4 Å². The van der Waals surface area contributed by atoms with E-state index in [1.165, 1.54) is 12.1 Å². The average Bonchev–Trinajstić information content (AvgIpc) is 3.22. The summed E-state index contributed by atoms with van der Waals surface area (Å²) in [5.41, 5.74) is 3.31. The van der Waals surface area contributed by atoms with Gasteiger partial charge in [0.15, 0.2) is 11.4 Å². The smallest absolute Gasteiger partial charge is 0.257 e. The van der Waals surface area contributed by atoms with Crippen LogP contribution in [0.1, 0.15) is 54.4 Å². The third-order valence-electron chi connectivity index (χ3n) is 6.76. The fourth-order valence-electron chi connectivity index (χ4n) is 4.95. The molecule has 8 nitrogen and oxygen atoms in total. The highest BCUT2D eigenvalue weighted by atomic mass is 19.1. The molecule has 0 saturated carbocycles. The summed E-state index contributed by atoms with van der Waals surface area (Å²) < 4.78 is 20.4. The normalized spacial score (nSPS) is 19.0. The van der Waals surface area contributed by atoms with Crippen molar-refractivity contribution in [3.8, 4) is 0 Å². The molecule has 9 heteroatoms. The van der Waals surface area contributed by atoms with Gasteiger partial charge in [0, 0.05) is 41.7 Å². The largest absolute Gasteiger partial charge is 0.411 e. The van der Waals surface area contributed by atoms with E-state index in [4.69, 9.17) is 4.52 Å². The highest BCUT2D eigenvalue weighted by Gasteiger charge is 2.26. The summed E-state index contributed by atoms with van der Waals surface area (Å²) in [6.45, 7) is 5.05. The van der Waals surface area contributed by atoms with E-state index in [0.29, 0.717) is 42.2 Å². The maximum atomic E-state index is 13.4. The Bertz CT molecular complexity index is 1240. The number of likely N-dealkylation sites (tertiary alicyclic amines) is 1. The maximum absolute atomic E-state index is 13.4. The molecule has 5 rings (SSSR count). The van der Waals surface area contributed by atoms with E-state index < -0.39 is 0 Å². The number of nitrogens with zero attached hydrogens (tertiary/aromatic N) is 5. The zero-order valence-corrected chi connectivity index (χ0v) is 18.1. The van der Waals surface area contributed by atoms with Gasteiger partial charge in [0.05, 0.1) is 5.69 Å². The summed E-state index contributed by atoms with van der Waals surface area (Å²) in [7, 11) is 0. The SMILES string of the molecule is Cc1nc2n(c(=O)c1CCN1CCC(c3noc4cc(F)ccc34)CC1)CCC/C2=N\O. The summed E-state index contributed by atoms with van der Waals surface area (Å²) in [6.07, 6.45) is 3.92. The summed E-state index contributed by atoms with van der Waals surface area (Å²) in [4.78, 5) is 20.0. The predicted molar refractivity (Wildman–Crippen MR) is 117 cm³/mol. The lowest BCUT2D eigenvalue weighted by Gasteiger charge is -2.31. The molecule has 4 heterocycles. The van der Waals surface area contributed by atoms with Crippen LogP contribution in [0.15, 0.2) is 32.7 Å². The molecular weight excluding hydrogens is 413 g/mol. The fraction of sp³-hybridized carbons (Fsp3) is 0.478. The van der Waals surface area contributed by atoms with E-state index in [1.54, 1.807) is 10.6 Å². The van der Waals surface area contributed by atoms with Crippen molar-refractivity contribution in [3.05, 3.63) is 57.1 Å². The Kier molecular flexibility index (Phi) is 5.50. The van der Waals surface area contributed by atoms with Gasteiger partial charge in [-0.2, -0.15) is 0 Å². The predicted octanol–water partition coefficient (Wildman–Crippen LogP) is 3.23. The first-order chi connectivity index (χ1) is 15.5. The molecule has 1 fully saturated rings. The van der Waals surface area contributed by atoms with Gasteiger partial charge in [-0.3, -0.25) is 9.36 Å². The van der Waals surface area contributed by atoms with Crippen molar-refractivity contribution in [1.29, 1.82) is 0 Å². The molecule has 0 atom stereocenters. The molecule has 0 spiro atoms. The van der Waals surface area contributed by atoms with Crippen molar-refractivity contribution in [2.45, 2.75) is 51.5 Å². The van der Waals surface area contributed by atoms with E-state index >= 15 is 0 Å². The Morgan fingerprint density at radius 2 is 2.09 bits per heavy atom. The second kappa shape index (κ2) is 8.46. The fourth-order valence-corrected chi connectivity index (χ4v) is 4.95. The molecule has 0 unspecified atom stereocenters. The quantitative estimate of drug-likeness (QED) is 0.495. The molecule has 2 aliphatic rings. The second-order valence-corrected chi connectivity index (χ2v) is 8.68. The number of rotatable bonds is 4. The van der Waals surface area contributed by atoms with Gasteiger partial charge in [0.25, 0.3) is 5.56 Å². The average molecular weight is 439 g/mol. The van der Waals surface area contributed by atoms with Crippen molar-refractivity contribution >= 4 is 16.7 Å². The van der Waals surface area contributed by atoms with Crippen LogP contribution in [-0.2, 0) is 13.0 Å². The van der Waals surface area contributed by atoms with Crippen molar-refractivity contribution < 1.29 is 14.1 Å². The first-order valence-corrected chi connectivity index (χ1v) is 11.1. The highest BCUT2D eigenvalue weighted by Crippen LogP contribution is 2.32. The van der Waals surface area contributed by atoms with Gasteiger partial charge >= 0.3 is 0 Å². The number of aromatic nitrogens is 3. The molecule has 2 aliphatic heterocycles. The van der Waals surface area contributed by atoms with Gasteiger partial charge in [-0.25, -0.2) is 9.37 Å². The lowest BCUT2D eigenvalue weighted by atomic mass is 9.91. The molecule has 0 amide bonds. The molecule has 168 valence electrons. The van der Waals surface area contributed by atoms with E-state index in [2.05, 4.69) is 20.2 Å². The summed E-state index contributed by atoms with van der Waals surface area (Å²) in [5.74, 6) is 0.454. The molecule has 1 N–H and O–H groups in total. The number of oxime groups is 1. The lowest BCUT2D eigenvalue weighted by molar-refractivity contribution is 0.211. The molecule has 0 bridgehead atoms. The van der Waals surface area contributed by atoms with Crippen LogP contribution in [0.4, 0.5) is 4.39 Å². The minimum atomic E-state index is -0.322. The molecule has 1 saturated heterocycles. The standard InChI is InChI=1S/C23H26FN5O3/c1-14-17(23(30)29-9-2-3-19(26-31)22(29)25-14)8-12-28-10-6-15(7-11-28)21-18-5-4-16(24)13-20(18)32-27-21/h4-5,13,15,31H,2-3,6-12H2,1H3/b26-19+. The number of aryl methyl sites for hydroxylation is 1. The van der Waals surface area contributed by atoms with E-state index in [-0.39, 0.29) is 17.3 Å². The lowest BCUT2D eigenvalue weighted by Crippen LogP contribution is -2.38. The number of hydrogen-bond donors (Lipinski definition) is 1. The van der Waals surface area contributed by atoms with Crippen LogP contribution in [0, 0.1) is 12.7 Å². The number of hydrogen-bond acceptors (Lipinski definition) is 7. The van der Waals surface area contributed by atoms with Crippen LogP contribution >= 0.6 is 0 Å². The zero-order chi connectivity index (χ0) is 22.2. The van der Waals surface area contributed by atoms with Crippen LogP contribution in [0.2, 0.25) is 0 Å². The van der Waals surface area contributed by atoms with Crippen LogP contribution in [0.25, 0.3) is 11.0 Å². The molecule has 2 aromatic heterocycles. The molecule has 0 aliphatic carbocycles. The Balaban J connectivity index is 1.25. The Labute approximate surface area is 184 Å². The number of benzene rings is 1. The molecular formula is C23H26FN5O3. The summed E-state index contributed by atoms with van der Waals surface area (Å²) in [6, 6.07) is 4.57. The molecule has 1 aromatic carbocycles. The Morgan fingerprint density at radius 1 is 1.28 bits per heavy atom. The molecule has 3 aromatic rings. The van der Waals surface area contributed by atoms with Crippen molar-refractivity contribution in [2.75, 3.05) is 19.6 Å². The van der Waals surface area contributed by atoms with Crippen LogP contribution in [-0.4, -0.2) is 50.2 Å². The zero-order valence-electron chi connectivity index (χ0n) is 18.1. The summed E-state index contributed by atoms with van der Waals surface area (Å²) in [5, 5.41) is 17.7. The van der Waals surface area contributed by atoms with Crippen LogP contribution in [0.5, 0.6) is 0 Å². The molecule has 32 heavy (non-hydrogen) atoms. The van der Waals surface area contributed by atoms with Gasteiger partial charge in [-0.1, -0.05) is 10.3 Å². The van der Waals surface area contributed by atoms with Gasteiger partial charge in [-0.05, 0) is 64.3 Å². The Morgan fingerprint density at radius 3 is 2.88 bits per heavy atom. The topological polar surface area (TPSA) is 96.8 Å². The Hall–Kier alpha value is -3.07. The number of fused-ring (bicyclic) bond motifs is 2. The van der Waals surface area contributed by atoms with Crippen molar-refractivity contribution in [1.82, 2.24) is 19.6 Å². The number of piperidine rings is 1.